The highest BCUT2D eigenvalue weighted by molar-refractivity contribution is 6.27. The number of nitrogen functional groups attached to an aromatic ring is 1. The highest BCUT2D eigenvalue weighted by atomic mass is 17.2. The van der Waals surface area contributed by atoms with Crippen LogP contribution in [0.5, 0.6) is 0 Å². The van der Waals surface area contributed by atoms with Crippen molar-refractivity contribution in [1.29, 1.82) is 0 Å². The summed E-state index contributed by atoms with van der Waals surface area (Å²) in [5.74, 6) is 0. The Hall–Kier alpha value is -1.78. The summed E-state index contributed by atoms with van der Waals surface area (Å²) in [5.41, 5.74) is 8.84. The fraction of sp³-hybridized carbons (Fsp3) is 0.143. The number of hydrogen-bond acceptors (Lipinski definition) is 3. The molecule has 1 heterocycles. The van der Waals surface area contributed by atoms with Crippen molar-refractivity contribution < 1.29 is 9.69 Å². The number of nitrogens with two attached hydrogens (primary N) is 1. The van der Waals surface area contributed by atoms with E-state index in [2.05, 4.69) is 21.8 Å². The van der Waals surface area contributed by atoms with E-state index in [1.54, 1.807) is 0 Å². The molecule has 4 heteroatoms. The zero-order valence-electron chi connectivity index (χ0n) is 10.2. The summed E-state index contributed by atoms with van der Waals surface area (Å²) in [4.78, 5) is 8.89. The Balaban J connectivity index is 0.000000202. The molecule has 3 nitrogen and oxygen atoms in total. The average Bonchev–Trinajstić information content (AvgIpc) is 3.00. The summed E-state index contributed by atoms with van der Waals surface area (Å²) in [6, 6.07) is 18.2. The van der Waals surface area contributed by atoms with E-state index in [1.165, 1.54) is 11.1 Å². The molecule has 0 radical (unpaired) electrons. The summed E-state index contributed by atoms with van der Waals surface area (Å²) in [7, 11) is 0.778. The van der Waals surface area contributed by atoms with E-state index in [4.69, 9.17) is 5.73 Å². The first kappa shape index (κ1) is 12.7. The normalized spacial score (nSPS) is 13.3. The third-order valence-electron chi connectivity index (χ3n) is 2.56. The van der Waals surface area contributed by atoms with Gasteiger partial charge in [-0.3, -0.25) is 4.89 Å². The molecule has 2 N–H and O–H groups in total. The molecular formula is C14H16BNO2. The monoisotopic (exact) mass is 241 g/mol. The van der Waals surface area contributed by atoms with E-state index in [-0.39, 0.29) is 0 Å². The topological polar surface area (TPSA) is 44.5 Å². The van der Waals surface area contributed by atoms with E-state index in [0.29, 0.717) is 0 Å². The first-order valence-electron chi connectivity index (χ1n) is 6.01. The van der Waals surface area contributed by atoms with E-state index in [0.717, 1.165) is 26.1 Å². The fourth-order valence-electron chi connectivity index (χ4n) is 1.60. The van der Waals surface area contributed by atoms with Gasteiger partial charge in [-0.15, -0.1) is 0 Å². The van der Waals surface area contributed by atoms with Crippen LogP contribution in [0, 0.1) is 0 Å². The molecule has 1 aliphatic heterocycles. The van der Waals surface area contributed by atoms with Crippen LogP contribution in [0.1, 0.15) is 0 Å². The van der Waals surface area contributed by atoms with Gasteiger partial charge in [-0.25, -0.2) is 0 Å². The van der Waals surface area contributed by atoms with Crippen molar-refractivity contribution in [2.24, 2.45) is 0 Å². The van der Waals surface area contributed by atoms with Crippen LogP contribution in [0.3, 0.4) is 0 Å². The van der Waals surface area contributed by atoms with Gasteiger partial charge in [0.25, 0.3) is 0 Å². The second-order valence-electron chi connectivity index (χ2n) is 3.99. The molecule has 1 saturated heterocycles. The third-order valence-corrected chi connectivity index (χ3v) is 2.56. The standard InChI is InChI=1S/C12H11N.C2H5BO2/c13-12-8-6-11(7-9-12)10-4-2-1-3-5-10;1-2-4-5-3-1/h1-9H,13H2;3H,1-2H2. The minimum absolute atomic E-state index is 0.778. The van der Waals surface area contributed by atoms with Crippen LogP contribution in [-0.4, -0.2) is 14.1 Å². The van der Waals surface area contributed by atoms with Gasteiger partial charge in [0.1, 0.15) is 0 Å². The molecule has 2 aromatic carbocycles. The number of rotatable bonds is 1. The molecule has 0 amide bonds. The largest absolute Gasteiger partial charge is 0.399 e. The van der Waals surface area contributed by atoms with Crippen molar-refractivity contribution in [2.75, 3.05) is 12.3 Å². The summed E-state index contributed by atoms with van der Waals surface area (Å²) in [5, 5.41) is 0. The van der Waals surface area contributed by atoms with Gasteiger partial charge >= 0.3 is 7.48 Å². The van der Waals surface area contributed by atoms with Gasteiger partial charge in [0, 0.05) is 5.69 Å². The average molecular weight is 241 g/mol. The van der Waals surface area contributed by atoms with Crippen LogP contribution in [0.15, 0.2) is 54.6 Å². The molecule has 0 spiro atoms. The maximum atomic E-state index is 5.60. The molecule has 0 unspecified atom stereocenters. The Labute approximate surface area is 108 Å². The minimum atomic E-state index is 0.778. The van der Waals surface area contributed by atoms with Crippen LogP contribution in [-0.2, 0) is 9.69 Å². The second-order valence-corrected chi connectivity index (χ2v) is 3.99. The molecule has 2 aromatic rings. The Bertz CT molecular complexity index is 447. The van der Waals surface area contributed by atoms with Gasteiger partial charge in [0.15, 0.2) is 0 Å². The lowest BCUT2D eigenvalue weighted by molar-refractivity contribution is -0.181. The summed E-state index contributed by atoms with van der Waals surface area (Å²) in [6.45, 7) is 0.778. The predicted octanol–water partition coefficient (Wildman–Crippen LogP) is 2.65. The van der Waals surface area contributed by atoms with E-state index >= 15 is 0 Å². The van der Waals surface area contributed by atoms with Crippen LogP contribution in [0.25, 0.3) is 11.1 Å². The zero-order chi connectivity index (χ0) is 12.6. The molecule has 0 aliphatic carbocycles. The maximum absolute atomic E-state index is 5.60. The van der Waals surface area contributed by atoms with Crippen molar-refractivity contribution in [1.82, 2.24) is 0 Å². The highest BCUT2D eigenvalue weighted by Gasteiger charge is 1.99. The molecule has 0 aromatic heterocycles. The van der Waals surface area contributed by atoms with Gasteiger partial charge in [-0.2, -0.15) is 0 Å². The Morgan fingerprint density at radius 3 is 2.06 bits per heavy atom. The first-order valence-corrected chi connectivity index (χ1v) is 6.01. The molecule has 0 atom stereocenters. The molecule has 1 aliphatic rings. The summed E-state index contributed by atoms with van der Waals surface area (Å²) in [6.07, 6.45) is 1.06. The Morgan fingerprint density at radius 2 is 1.56 bits per heavy atom. The van der Waals surface area contributed by atoms with Gasteiger partial charge in [0.2, 0.25) is 0 Å². The van der Waals surface area contributed by atoms with Crippen LogP contribution in [0.4, 0.5) is 5.69 Å². The zero-order valence-corrected chi connectivity index (χ0v) is 10.2. The lowest BCUT2D eigenvalue weighted by Crippen LogP contribution is -1.83. The van der Waals surface area contributed by atoms with Gasteiger partial charge in [0.05, 0.1) is 6.61 Å². The summed E-state index contributed by atoms with van der Waals surface area (Å²) < 4.78 is 0. The van der Waals surface area contributed by atoms with Gasteiger partial charge < -0.3 is 10.5 Å². The molecule has 0 saturated carbocycles. The van der Waals surface area contributed by atoms with Crippen LogP contribution < -0.4 is 5.73 Å². The van der Waals surface area contributed by atoms with Crippen molar-refractivity contribution in [3.63, 3.8) is 0 Å². The third kappa shape index (κ3) is 3.91. The van der Waals surface area contributed by atoms with Crippen molar-refractivity contribution in [3.05, 3.63) is 54.6 Å². The van der Waals surface area contributed by atoms with Crippen LogP contribution in [0.2, 0.25) is 6.32 Å². The number of anilines is 1. The lowest BCUT2D eigenvalue weighted by atomic mass is 9.99. The molecule has 3 rings (SSSR count). The van der Waals surface area contributed by atoms with E-state index in [9.17, 15) is 0 Å². The Morgan fingerprint density at radius 1 is 0.889 bits per heavy atom. The van der Waals surface area contributed by atoms with Gasteiger partial charge in [-0.1, -0.05) is 42.5 Å². The second kappa shape index (κ2) is 6.84. The van der Waals surface area contributed by atoms with Crippen molar-refractivity contribution in [3.8, 4) is 11.1 Å². The molecule has 92 valence electrons. The van der Waals surface area contributed by atoms with E-state index in [1.807, 2.05) is 42.5 Å². The van der Waals surface area contributed by atoms with Crippen molar-refractivity contribution in [2.45, 2.75) is 6.32 Å². The number of hydrogen-bond donors (Lipinski definition) is 1. The minimum Gasteiger partial charge on any atom is -0.399 e. The highest BCUT2D eigenvalue weighted by Crippen LogP contribution is 2.19. The molecule has 1 fully saturated rings. The Kier molecular flexibility index (Phi) is 4.82. The molecular weight excluding hydrogens is 225 g/mol. The lowest BCUT2D eigenvalue weighted by Gasteiger charge is -2.00. The first-order chi connectivity index (χ1) is 8.86. The summed E-state index contributed by atoms with van der Waals surface area (Å²) >= 11 is 0. The quantitative estimate of drug-likeness (QED) is 0.474. The smallest absolute Gasteiger partial charge is 0.325 e. The number of benzene rings is 2. The fourth-order valence-corrected chi connectivity index (χ4v) is 1.60. The molecule has 0 bridgehead atoms. The molecule has 18 heavy (non-hydrogen) atoms. The maximum Gasteiger partial charge on any atom is 0.325 e. The van der Waals surface area contributed by atoms with Crippen molar-refractivity contribution >= 4 is 13.2 Å². The van der Waals surface area contributed by atoms with Crippen LogP contribution >= 0.6 is 0 Å². The SMILES string of the molecule is B1CCOO1.Nc1ccc(-c2ccccc2)cc1. The van der Waals surface area contributed by atoms with E-state index < -0.39 is 0 Å². The predicted molar refractivity (Wildman–Crippen MR) is 75.3 cm³/mol. The van der Waals surface area contributed by atoms with Gasteiger partial charge in [-0.05, 0) is 29.6 Å².